The molecule has 1 aromatic heterocycles. The van der Waals surface area contributed by atoms with Crippen LogP contribution in [0.4, 0.5) is 11.6 Å². The molecule has 0 spiro atoms. The second kappa shape index (κ2) is 5.25. The van der Waals surface area contributed by atoms with E-state index in [4.69, 9.17) is 5.11 Å². The Morgan fingerprint density at radius 1 is 1.29 bits per heavy atom. The van der Waals surface area contributed by atoms with Crippen LogP contribution in [0.1, 0.15) is 11.3 Å². The molecular formula is C12H12BrN3O. The fourth-order valence-electron chi connectivity index (χ4n) is 1.37. The van der Waals surface area contributed by atoms with E-state index >= 15 is 0 Å². The van der Waals surface area contributed by atoms with Crippen LogP contribution in [-0.4, -0.2) is 15.1 Å². The van der Waals surface area contributed by atoms with Crippen molar-refractivity contribution in [2.45, 2.75) is 13.5 Å². The van der Waals surface area contributed by atoms with Crippen molar-refractivity contribution in [3.05, 3.63) is 46.2 Å². The summed E-state index contributed by atoms with van der Waals surface area (Å²) in [5.74, 6) is 0.530. The SMILES string of the molecule is Cc1nc(Nc2ccc(Br)cc2)ncc1CO. The molecule has 0 amide bonds. The molecule has 0 fully saturated rings. The highest BCUT2D eigenvalue weighted by molar-refractivity contribution is 9.10. The average molecular weight is 294 g/mol. The van der Waals surface area contributed by atoms with Gasteiger partial charge in [0.15, 0.2) is 0 Å². The van der Waals surface area contributed by atoms with Gasteiger partial charge >= 0.3 is 0 Å². The Kier molecular flexibility index (Phi) is 3.71. The van der Waals surface area contributed by atoms with Crippen molar-refractivity contribution >= 4 is 27.6 Å². The molecule has 2 aromatic rings. The third-order valence-corrected chi connectivity index (χ3v) is 2.88. The van der Waals surface area contributed by atoms with E-state index in [1.165, 1.54) is 0 Å². The molecule has 88 valence electrons. The minimum atomic E-state index is -0.0373. The molecule has 17 heavy (non-hydrogen) atoms. The first-order valence-electron chi connectivity index (χ1n) is 5.15. The fraction of sp³-hybridized carbons (Fsp3) is 0.167. The Morgan fingerprint density at radius 2 is 2.00 bits per heavy atom. The topological polar surface area (TPSA) is 58.0 Å². The van der Waals surface area contributed by atoms with Gasteiger partial charge in [-0.2, -0.15) is 0 Å². The molecule has 0 bridgehead atoms. The number of hydrogen-bond donors (Lipinski definition) is 2. The Morgan fingerprint density at radius 3 is 2.59 bits per heavy atom. The summed E-state index contributed by atoms with van der Waals surface area (Å²) in [5, 5.41) is 12.1. The number of aliphatic hydroxyl groups excluding tert-OH is 1. The van der Waals surface area contributed by atoms with Gasteiger partial charge in [0.1, 0.15) is 0 Å². The van der Waals surface area contributed by atoms with Crippen LogP contribution in [0.3, 0.4) is 0 Å². The number of aryl methyl sites for hydroxylation is 1. The minimum absolute atomic E-state index is 0.0373. The minimum Gasteiger partial charge on any atom is -0.392 e. The van der Waals surface area contributed by atoms with Gasteiger partial charge in [-0.1, -0.05) is 15.9 Å². The van der Waals surface area contributed by atoms with Gasteiger partial charge in [0.2, 0.25) is 5.95 Å². The summed E-state index contributed by atoms with van der Waals surface area (Å²) < 4.78 is 1.02. The Bertz CT molecular complexity index is 514. The third-order valence-electron chi connectivity index (χ3n) is 2.35. The van der Waals surface area contributed by atoms with E-state index in [1.54, 1.807) is 6.20 Å². The van der Waals surface area contributed by atoms with Gasteiger partial charge in [0.05, 0.1) is 6.61 Å². The van der Waals surface area contributed by atoms with E-state index in [-0.39, 0.29) is 6.61 Å². The van der Waals surface area contributed by atoms with Crippen molar-refractivity contribution in [3.63, 3.8) is 0 Å². The Balaban J connectivity index is 2.19. The van der Waals surface area contributed by atoms with E-state index in [0.29, 0.717) is 5.95 Å². The molecule has 5 heteroatoms. The highest BCUT2D eigenvalue weighted by Crippen LogP contribution is 2.17. The van der Waals surface area contributed by atoms with Crippen LogP contribution < -0.4 is 5.32 Å². The molecule has 0 unspecified atom stereocenters. The standard InChI is InChI=1S/C12H12BrN3O/c1-8-9(7-17)6-14-12(15-8)16-11-4-2-10(13)3-5-11/h2-6,17H,7H2,1H3,(H,14,15,16). The van der Waals surface area contributed by atoms with Crippen molar-refractivity contribution in [1.29, 1.82) is 0 Å². The van der Waals surface area contributed by atoms with Crippen LogP contribution in [0.15, 0.2) is 34.9 Å². The van der Waals surface area contributed by atoms with Crippen molar-refractivity contribution < 1.29 is 5.11 Å². The number of nitrogens with one attached hydrogen (secondary N) is 1. The molecule has 0 atom stereocenters. The summed E-state index contributed by atoms with van der Waals surface area (Å²) in [5.41, 5.74) is 2.44. The lowest BCUT2D eigenvalue weighted by Gasteiger charge is -2.07. The zero-order valence-electron chi connectivity index (χ0n) is 9.31. The summed E-state index contributed by atoms with van der Waals surface area (Å²) in [7, 11) is 0. The van der Waals surface area contributed by atoms with E-state index in [2.05, 4.69) is 31.2 Å². The van der Waals surface area contributed by atoms with E-state index in [0.717, 1.165) is 21.4 Å². The molecule has 0 aliphatic rings. The number of rotatable bonds is 3. The van der Waals surface area contributed by atoms with Crippen LogP contribution in [0.5, 0.6) is 0 Å². The normalized spacial score (nSPS) is 10.3. The van der Waals surface area contributed by atoms with Gasteiger partial charge in [0.25, 0.3) is 0 Å². The van der Waals surface area contributed by atoms with Crippen LogP contribution >= 0.6 is 15.9 Å². The lowest BCUT2D eigenvalue weighted by molar-refractivity contribution is 0.280. The van der Waals surface area contributed by atoms with E-state index < -0.39 is 0 Å². The summed E-state index contributed by atoms with van der Waals surface area (Å²) in [6.45, 7) is 1.81. The molecule has 0 aliphatic heterocycles. The van der Waals surface area contributed by atoms with Gasteiger partial charge in [-0.15, -0.1) is 0 Å². The predicted octanol–water partition coefficient (Wildman–Crippen LogP) is 2.78. The van der Waals surface area contributed by atoms with Crippen molar-refractivity contribution in [1.82, 2.24) is 9.97 Å². The summed E-state index contributed by atoms with van der Waals surface area (Å²) in [6.07, 6.45) is 1.63. The number of halogens is 1. The number of benzene rings is 1. The molecule has 0 radical (unpaired) electrons. The number of aromatic nitrogens is 2. The zero-order valence-corrected chi connectivity index (χ0v) is 10.9. The molecule has 1 heterocycles. The van der Waals surface area contributed by atoms with E-state index in [1.807, 2.05) is 31.2 Å². The lowest BCUT2D eigenvalue weighted by Crippen LogP contribution is -2.01. The smallest absolute Gasteiger partial charge is 0.227 e. The zero-order chi connectivity index (χ0) is 12.3. The Hall–Kier alpha value is -1.46. The summed E-state index contributed by atoms with van der Waals surface area (Å²) >= 11 is 3.37. The lowest BCUT2D eigenvalue weighted by atomic mass is 10.2. The van der Waals surface area contributed by atoms with Crippen LogP contribution in [0, 0.1) is 6.92 Å². The molecule has 4 nitrogen and oxygen atoms in total. The van der Waals surface area contributed by atoms with E-state index in [9.17, 15) is 0 Å². The molecule has 0 saturated heterocycles. The summed E-state index contributed by atoms with van der Waals surface area (Å²) in [6, 6.07) is 7.75. The van der Waals surface area contributed by atoms with Gasteiger partial charge in [-0.25, -0.2) is 9.97 Å². The molecule has 1 aromatic carbocycles. The van der Waals surface area contributed by atoms with Crippen LogP contribution in [0.2, 0.25) is 0 Å². The molecule has 2 rings (SSSR count). The maximum Gasteiger partial charge on any atom is 0.227 e. The number of hydrogen-bond acceptors (Lipinski definition) is 4. The van der Waals surface area contributed by atoms with Gasteiger partial charge in [-0.3, -0.25) is 0 Å². The maximum atomic E-state index is 9.02. The number of aliphatic hydroxyl groups is 1. The summed E-state index contributed by atoms with van der Waals surface area (Å²) in [4.78, 5) is 8.40. The first kappa shape index (κ1) is 12.0. The quantitative estimate of drug-likeness (QED) is 0.914. The predicted molar refractivity (Wildman–Crippen MR) is 70.1 cm³/mol. The molecule has 0 aliphatic carbocycles. The van der Waals surface area contributed by atoms with Crippen LogP contribution in [0.25, 0.3) is 0 Å². The Labute approximate surface area is 108 Å². The number of anilines is 2. The molecule has 0 saturated carbocycles. The monoisotopic (exact) mass is 293 g/mol. The second-order valence-electron chi connectivity index (χ2n) is 3.59. The molecular weight excluding hydrogens is 282 g/mol. The highest BCUT2D eigenvalue weighted by Gasteiger charge is 2.02. The maximum absolute atomic E-state index is 9.02. The van der Waals surface area contributed by atoms with Crippen molar-refractivity contribution in [2.75, 3.05) is 5.32 Å². The third kappa shape index (κ3) is 3.01. The fourth-order valence-corrected chi connectivity index (χ4v) is 1.63. The van der Waals surface area contributed by atoms with Crippen LogP contribution in [-0.2, 0) is 6.61 Å². The average Bonchev–Trinajstić information content (AvgIpc) is 2.32. The van der Waals surface area contributed by atoms with Gasteiger partial charge in [0, 0.05) is 27.6 Å². The first-order chi connectivity index (χ1) is 8.19. The van der Waals surface area contributed by atoms with Crippen molar-refractivity contribution in [2.24, 2.45) is 0 Å². The van der Waals surface area contributed by atoms with Gasteiger partial charge in [-0.05, 0) is 31.2 Å². The van der Waals surface area contributed by atoms with Gasteiger partial charge < -0.3 is 10.4 Å². The highest BCUT2D eigenvalue weighted by atomic mass is 79.9. The first-order valence-corrected chi connectivity index (χ1v) is 5.94. The second-order valence-corrected chi connectivity index (χ2v) is 4.51. The number of nitrogens with zero attached hydrogens (tertiary/aromatic N) is 2. The molecule has 2 N–H and O–H groups in total. The van der Waals surface area contributed by atoms with Crippen molar-refractivity contribution in [3.8, 4) is 0 Å². The largest absolute Gasteiger partial charge is 0.392 e.